The minimum absolute atomic E-state index is 0.180. The molecule has 1 aromatic carbocycles. The molecule has 2 heterocycles. The molecule has 0 unspecified atom stereocenters. The van der Waals surface area contributed by atoms with Gasteiger partial charge in [0.2, 0.25) is 5.91 Å². The zero-order valence-electron chi connectivity index (χ0n) is 15.7. The maximum Gasteiger partial charge on any atom is 0.238 e. The molecule has 0 radical (unpaired) electrons. The van der Waals surface area contributed by atoms with Gasteiger partial charge in [0.05, 0.1) is 17.9 Å². The summed E-state index contributed by atoms with van der Waals surface area (Å²) in [5.74, 6) is 1.34. The number of rotatable bonds is 7. The summed E-state index contributed by atoms with van der Waals surface area (Å²) >= 11 is 2.67. The largest absolute Gasteiger partial charge is 0.497 e. The van der Waals surface area contributed by atoms with Crippen LogP contribution in [0.15, 0.2) is 40.9 Å². The van der Waals surface area contributed by atoms with Crippen molar-refractivity contribution in [1.29, 1.82) is 5.26 Å². The Kier molecular flexibility index (Phi) is 6.34. The van der Waals surface area contributed by atoms with Crippen LogP contribution in [0.1, 0.15) is 19.4 Å². The van der Waals surface area contributed by atoms with Crippen LogP contribution in [0.2, 0.25) is 0 Å². The van der Waals surface area contributed by atoms with Crippen LogP contribution in [0.3, 0.4) is 0 Å². The molecule has 1 atom stereocenters. The summed E-state index contributed by atoms with van der Waals surface area (Å²) in [5.41, 5.74) is 1.39. The van der Waals surface area contributed by atoms with Gasteiger partial charge in [-0.15, -0.1) is 21.5 Å². The first-order valence-corrected chi connectivity index (χ1v) is 10.4. The van der Waals surface area contributed by atoms with Crippen LogP contribution < -0.4 is 10.1 Å². The average Bonchev–Trinajstić information content (AvgIpc) is 3.34. The van der Waals surface area contributed by atoms with E-state index in [4.69, 9.17) is 10.00 Å². The predicted molar refractivity (Wildman–Crippen MR) is 111 cm³/mol. The number of nitriles is 1. The topological polar surface area (TPSA) is 92.8 Å². The molecule has 7 nitrogen and oxygen atoms in total. The van der Waals surface area contributed by atoms with Crippen molar-refractivity contribution in [3.05, 3.63) is 41.3 Å². The monoisotopic (exact) mass is 413 g/mol. The lowest BCUT2D eigenvalue weighted by molar-refractivity contribution is -0.115. The summed E-state index contributed by atoms with van der Waals surface area (Å²) in [7, 11) is 1.63. The molecule has 0 saturated heterocycles. The molecule has 0 spiro atoms. The molecule has 0 aliphatic carbocycles. The fourth-order valence-corrected chi connectivity index (χ4v) is 4.19. The SMILES string of the molecule is CCn1c(S[C@@H](C)C(=O)Nc2sccc2C#N)nnc1-c1ccc(OC)cc1. The van der Waals surface area contributed by atoms with Gasteiger partial charge in [0.25, 0.3) is 0 Å². The van der Waals surface area contributed by atoms with Gasteiger partial charge < -0.3 is 14.6 Å². The number of amides is 1. The Morgan fingerprint density at radius 1 is 1.36 bits per heavy atom. The number of anilines is 1. The number of hydrogen-bond acceptors (Lipinski definition) is 7. The molecule has 0 aliphatic heterocycles. The number of carbonyl (C=O) groups excluding carboxylic acids is 1. The van der Waals surface area contributed by atoms with E-state index in [-0.39, 0.29) is 5.91 Å². The van der Waals surface area contributed by atoms with Crippen molar-refractivity contribution in [1.82, 2.24) is 14.8 Å². The van der Waals surface area contributed by atoms with Crippen LogP contribution in [-0.2, 0) is 11.3 Å². The van der Waals surface area contributed by atoms with E-state index in [1.807, 2.05) is 35.8 Å². The second kappa shape index (κ2) is 8.91. The smallest absolute Gasteiger partial charge is 0.238 e. The van der Waals surface area contributed by atoms with Crippen LogP contribution in [-0.4, -0.2) is 33.0 Å². The first-order valence-electron chi connectivity index (χ1n) is 8.60. The van der Waals surface area contributed by atoms with Crippen molar-refractivity contribution in [3.63, 3.8) is 0 Å². The second-order valence-corrected chi connectivity index (χ2v) is 8.03. The summed E-state index contributed by atoms with van der Waals surface area (Å²) in [6.07, 6.45) is 0. The molecule has 3 rings (SSSR count). The van der Waals surface area contributed by atoms with Gasteiger partial charge in [0.15, 0.2) is 11.0 Å². The summed E-state index contributed by atoms with van der Waals surface area (Å²) in [6.45, 7) is 4.49. The van der Waals surface area contributed by atoms with Crippen molar-refractivity contribution in [2.24, 2.45) is 0 Å². The first-order chi connectivity index (χ1) is 13.6. The number of ether oxygens (including phenoxy) is 1. The number of thioether (sulfide) groups is 1. The highest BCUT2D eigenvalue weighted by Gasteiger charge is 2.21. The number of methoxy groups -OCH3 is 1. The van der Waals surface area contributed by atoms with Crippen molar-refractivity contribution in [2.75, 3.05) is 12.4 Å². The second-order valence-electron chi connectivity index (χ2n) is 5.80. The molecule has 144 valence electrons. The van der Waals surface area contributed by atoms with Crippen molar-refractivity contribution in [2.45, 2.75) is 30.8 Å². The van der Waals surface area contributed by atoms with E-state index in [0.29, 0.717) is 22.3 Å². The van der Waals surface area contributed by atoms with E-state index in [1.165, 1.54) is 23.1 Å². The lowest BCUT2D eigenvalue weighted by Crippen LogP contribution is -2.22. The van der Waals surface area contributed by atoms with Gasteiger partial charge in [-0.3, -0.25) is 4.79 Å². The lowest BCUT2D eigenvalue weighted by atomic mass is 10.2. The van der Waals surface area contributed by atoms with E-state index in [0.717, 1.165) is 17.1 Å². The lowest BCUT2D eigenvalue weighted by Gasteiger charge is -2.12. The highest BCUT2D eigenvalue weighted by atomic mass is 32.2. The molecule has 3 aromatic rings. The van der Waals surface area contributed by atoms with E-state index in [9.17, 15) is 4.79 Å². The zero-order chi connectivity index (χ0) is 20.1. The van der Waals surface area contributed by atoms with Gasteiger partial charge in [-0.25, -0.2) is 0 Å². The molecular weight excluding hydrogens is 394 g/mol. The highest BCUT2D eigenvalue weighted by Crippen LogP contribution is 2.29. The van der Waals surface area contributed by atoms with Gasteiger partial charge in [0.1, 0.15) is 16.8 Å². The van der Waals surface area contributed by atoms with Gasteiger partial charge in [-0.05, 0) is 49.6 Å². The predicted octanol–water partition coefficient (Wildman–Crippen LogP) is 4.03. The number of aromatic nitrogens is 3. The van der Waals surface area contributed by atoms with E-state index in [1.54, 1.807) is 25.5 Å². The normalized spacial score (nSPS) is 11.6. The summed E-state index contributed by atoms with van der Waals surface area (Å²) in [4.78, 5) is 12.5. The number of nitrogens with one attached hydrogen (secondary N) is 1. The standard InChI is InChI=1S/C19H19N5O2S2/c1-4-24-16(13-5-7-15(26-3)8-6-13)22-23-19(24)28-12(2)17(25)21-18-14(11-20)9-10-27-18/h5-10,12H,4H2,1-3H3,(H,21,25)/t12-/m0/s1. The molecule has 0 saturated carbocycles. The average molecular weight is 414 g/mol. The minimum atomic E-state index is -0.396. The Labute approximate surface area is 171 Å². The quantitative estimate of drug-likeness (QED) is 0.588. The van der Waals surface area contributed by atoms with E-state index < -0.39 is 5.25 Å². The fourth-order valence-electron chi connectivity index (χ4n) is 2.53. The maximum atomic E-state index is 12.5. The summed E-state index contributed by atoms with van der Waals surface area (Å²) < 4.78 is 7.17. The first kappa shape index (κ1) is 19.9. The summed E-state index contributed by atoms with van der Waals surface area (Å²) in [6, 6.07) is 11.4. The molecular formula is C19H19N5O2S2. The molecule has 2 aromatic heterocycles. The zero-order valence-corrected chi connectivity index (χ0v) is 17.3. The third-order valence-electron chi connectivity index (χ3n) is 4.06. The summed E-state index contributed by atoms with van der Waals surface area (Å²) in [5, 5.41) is 23.1. The van der Waals surface area contributed by atoms with E-state index >= 15 is 0 Å². The van der Waals surface area contributed by atoms with Crippen LogP contribution in [0, 0.1) is 11.3 Å². The van der Waals surface area contributed by atoms with Crippen LogP contribution >= 0.6 is 23.1 Å². The van der Waals surface area contributed by atoms with Gasteiger partial charge in [-0.1, -0.05) is 11.8 Å². The molecule has 1 N–H and O–H groups in total. The molecule has 28 heavy (non-hydrogen) atoms. The fraction of sp³-hybridized carbons (Fsp3) is 0.263. The number of hydrogen-bond donors (Lipinski definition) is 1. The molecule has 9 heteroatoms. The number of thiophene rings is 1. The minimum Gasteiger partial charge on any atom is -0.497 e. The van der Waals surface area contributed by atoms with Crippen molar-refractivity contribution < 1.29 is 9.53 Å². The number of carbonyl (C=O) groups is 1. The molecule has 0 aliphatic rings. The Morgan fingerprint density at radius 2 is 2.11 bits per heavy atom. The number of nitrogens with zero attached hydrogens (tertiary/aromatic N) is 4. The maximum absolute atomic E-state index is 12.5. The Balaban J connectivity index is 1.75. The molecule has 0 fully saturated rings. The van der Waals surface area contributed by atoms with E-state index in [2.05, 4.69) is 21.6 Å². The van der Waals surface area contributed by atoms with Crippen LogP contribution in [0.4, 0.5) is 5.00 Å². The molecule has 1 amide bonds. The Bertz CT molecular complexity index is 1000. The van der Waals surface area contributed by atoms with Crippen molar-refractivity contribution in [3.8, 4) is 23.2 Å². The Hall–Kier alpha value is -2.83. The Morgan fingerprint density at radius 3 is 2.75 bits per heavy atom. The highest BCUT2D eigenvalue weighted by molar-refractivity contribution is 8.00. The number of benzene rings is 1. The van der Waals surface area contributed by atoms with Crippen LogP contribution in [0.5, 0.6) is 5.75 Å². The third kappa shape index (κ3) is 4.18. The molecule has 0 bridgehead atoms. The van der Waals surface area contributed by atoms with Crippen LogP contribution in [0.25, 0.3) is 11.4 Å². The van der Waals surface area contributed by atoms with Gasteiger partial charge >= 0.3 is 0 Å². The third-order valence-corrected chi connectivity index (χ3v) is 5.97. The van der Waals surface area contributed by atoms with Gasteiger partial charge in [0, 0.05) is 12.1 Å². The van der Waals surface area contributed by atoms with Crippen molar-refractivity contribution >= 4 is 34.0 Å². The van der Waals surface area contributed by atoms with Gasteiger partial charge in [-0.2, -0.15) is 5.26 Å².